The number of nitrogens with one attached hydrogen (secondary N) is 1. The number of rotatable bonds is 7. The number of aromatic nitrogens is 3. The quantitative estimate of drug-likeness (QED) is 0.228. The van der Waals surface area contributed by atoms with Crippen LogP contribution in [0.5, 0.6) is 5.75 Å². The van der Waals surface area contributed by atoms with E-state index in [0.717, 1.165) is 22.4 Å². The summed E-state index contributed by atoms with van der Waals surface area (Å²) in [6.07, 6.45) is 3.21. The minimum atomic E-state index is -0.394. The first kappa shape index (κ1) is 22.5. The van der Waals surface area contributed by atoms with E-state index >= 15 is 0 Å². The monoisotopic (exact) mass is 479 g/mol. The normalized spacial score (nSPS) is 11.0. The lowest BCUT2D eigenvalue weighted by Gasteiger charge is -2.06. The Bertz CT molecular complexity index is 1270. The van der Waals surface area contributed by atoms with E-state index in [4.69, 9.17) is 27.9 Å². The van der Waals surface area contributed by atoms with Crippen LogP contribution < -0.4 is 10.2 Å². The second-order valence-corrected chi connectivity index (χ2v) is 7.86. The van der Waals surface area contributed by atoms with E-state index in [2.05, 4.69) is 20.6 Å². The van der Waals surface area contributed by atoms with Crippen molar-refractivity contribution in [2.75, 3.05) is 7.11 Å². The topological polar surface area (TPSA) is 81.4 Å². The zero-order valence-electron chi connectivity index (χ0n) is 17.6. The van der Waals surface area contributed by atoms with E-state index in [1.165, 1.54) is 0 Å². The number of hydrazone groups is 1. The first-order valence-corrected chi connectivity index (χ1v) is 10.7. The Balaban J connectivity index is 1.58. The fraction of sp³-hybridized carbons (Fsp3) is 0.0833. The number of methoxy groups -OCH3 is 1. The summed E-state index contributed by atoms with van der Waals surface area (Å²) >= 11 is 11.9. The highest BCUT2D eigenvalue weighted by Crippen LogP contribution is 2.22. The van der Waals surface area contributed by atoms with Gasteiger partial charge in [-0.15, -0.1) is 0 Å². The van der Waals surface area contributed by atoms with Crippen molar-refractivity contribution in [1.82, 2.24) is 20.2 Å². The highest BCUT2D eigenvalue weighted by atomic mass is 35.5. The summed E-state index contributed by atoms with van der Waals surface area (Å²) in [6, 6.07) is 19.8. The van der Waals surface area contributed by atoms with Crippen molar-refractivity contribution in [3.63, 3.8) is 0 Å². The Labute approximate surface area is 200 Å². The Morgan fingerprint density at radius 2 is 1.85 bits per heavy atom. The second-order valence-electron chi connectivity index (χ2n) is 7.04. The standard InChI is InChI=1S/C24H19Cl2N5O2/c1-33-20-9-2-16(3-10-20)14-28-29-24(32)22-12-21(18-5-7-19(25)8-6-18)30-31(22)15-17-4-11-23(26)27-13-17/h2-14H,15H2,1H3,(H,29,32)/b28-14+. The number of hydrogen-bond acceptors (Lipinski definition) is 5. The molecule has 1 amide bonds. The molecule has 4 rings (SSSR count). The van der Waals surface area contributed by atoms with Crippen LogP contribution >= 0.6 is 23.2 Å². The van der Waals surface area contributed by atoms with Crippen LogP contribution in [-0.2, 0) is 6.54 Å². The maximum Gasteiger partial charge on any atom is 0.289 e. The second kappa shape index (κ2) is 10.3. The summed E-state index contributed by atoms with van der Waals surface area (Å²) in [6.45, 7) is 0.336. The molecule has 0 saturated heterocycles. The maximum absolute atomic E-state index is 12.9. The fourth-order valence-electron chi connectivity index (χ4n) is 3.07. The average Bonchev–Trinajstić information content (AvgIpc) is 3.25. The van der Waals surface area contributed by atoms with Crippen LogP contribution in [0.25, 0.3) is 11.3 Å². The van der Waals surface area contributed by atoms with Crippen LogP contribution in [0.3, 0.4) is 0 Å². The number of benzene rings is 2. The van der Waals surface area contributed by atoms with Crippen molar-refractivity contribution in [1.29, 1.82) is 0 Å². The molecule has 0 fully saturated rings. The van der Waals surface area contributed by atoms with Crippen LogP contribution in [0.2, 0.25) is 10.2 Å². The molecule has 0 aliphatic heterocycles. The van der Waals surface area contributed by atoms with Crippen LogP contribution in [-0.4, -0.2) is 34.0 Å². The molecular weight excluding hydrogens is 461 g/mol. The molecule has 166 valence electrons. The number of carbonyl (C=O) groups excluding carboxylic acids is 1. The molecule has 0 aliphatic carbocycles. The van der Waals surface area contributed by atoms with E-state index in [0.29, 0.717) is 28.1 Å². The minimum absolute atomic E-state index is 0.336. The largest absolute Gasteiger partial charge is 0.497 e. The smallest absolute Gasteiger partial charge is 0.289 e. The van der Waals surface area contributed by atoms with E-state index in [1.54, 1.807) is 48.5 Å². The first-order chi connectivity index (χ1) is 16.0. The van der Waals surface area contributed by atoms with Gasteiger partial charge in [0.15, 0.2) is 0 Å². The van der Waals surface area contributed by atoms with Crippen LogP contribution in [0.4, 0.5) is 0 Å². The summed E-state index contributed by atoms with van der Waals surface area (Å²) in [5.41, 5.74) is 6.05. The molecule has 0 spiro atoms. The number of ether oxygens (including phenoxy) is 1. The molecule has 4 aromatic rings. The molecule has 0 radical (unpaired) electrons. The van der Waals surface area contributed by atoms with E-state index in [-0.39, 0.29) is 0 Å². The van der Waals surface area contributed by atoms with Gasteiger partial charge in [-0.05, 0) is 59.7 Å². The zero-order chi connectivity index (χ0) is 23.2. The van der Waals surface area contributed by atoms with Gasteiger partial charge in [0.2, 0.25) is 0 Å². The van der Waals surface area contributed by atoms with E-state index in [9.17, 15) is 4.79 Å². The van der Waals surface area contributed by atoms with Gasteiger partial charge < -0.3 is 4.74 Å². The van der Waals surface area contributed by atoms with Gasteiger partial charge in [0.05, 0.1) is 25.6 Å². The molecule has 2 aromatic heterocycles. The molecule has 33 heavy (non-hydrogen) atoms. The number of nitrogens with zero attached hydrogens (tertiary/aromatic N) is 4. The Morgan fingerprint density at radius 3 is 2.52 bits per heavy atom. The van der Waals surface area contributed by atoms with Gasteiger partial charge in [0.25, 0.3) is 5.91 Å². The van der Waals surface area contributed by atoms with Gasteiger partial charge in [-0.2, -0.15) is 10.2 Å². The van der Waals surface area contributed by atoms with Gasteiger partial charge in [0, 0.05) is 16.8 Å². The first-order valence-electron chi connectivity index (χ1n) is 9.93. The lowest BCUT2D eigenvalue weighted by molar-refractivity contribution is 0.0945. The lowest BCUT2D eigenvalue weighted by atomic mass is 10.1. The third-order valence-corrected chi connectivity index (χ3v) is 5.24. The Kier molecular flexibility index (Phi) is 7.02. The van der Waals surface area contributed by atoms with Crippen LogP contribution in [0, 0.1) is 0 Å². The van der Waals surface area contributed by atoms with Crippen molar-refractivity contribution in [3.8, 4) is 17.0 Å². The van der Waals surface area contributed by atoms with E-state index in [1.807, 2.05) is 42.5 Å². The summed E-state index contributed by atoms with van der Waals surface area (Å²) in [5.74, 6) is 0.348. The zero-order valence-corrected chi connectivity index (χ0v) is 19.1. The van der Waals surface area contributed by atoms with Gasteiger partial charge in [-0.1, -0.05) is 41.4 Å². The molecular formula is C24H19Cl2N5O2. The van der Waals surface area contributed by atoms with Gasteiger partial charge in [0.1, 0.15) is 16.6 Å². The minimum Gasteiger partial charge on any atom is -0.497 e. The van der Waals surface area contributed by atoms with Gasteiger partial charge >= 0.3 is 0 Å². The van der Waals surface area contributed by atoms with Crippen molar-refractivity contribution in [3.05, 3.63) is 99.9 Å². The molecule has 0 aliphatic rings. The summed E-state index contributed by atoms with van der Waals surface area (Å²) in [7, 11) is 1.60. The summed E-state index contributed by atoms with van der Waals surface area (Å²) in [4.78, 5) is 17.0. The summed E-state index contributed by atoms with van der Waals surface area (Å²) in [5, 5.41) is 9.71. The number of hydrogen-bond donors (Lipinski definition) is 1. The molecule has 2 heterocycles. The molecule has 1 N–H and O–H groups in total. The van der Waals surface area contributed by atoms with Gasteiger partial charge in [-0.25, -0.2) is 10.4 Å². The Morgan fingerprint density at radius 1 is 1.09 bits per heavy atom. The van der Waals surface area contributed by atoms with Crippen LogP contribution in [0.15, 0.2) is 78.0 Å². The average molecular weight is 480 g/mol. The summed E-state index contributed by atoms with van der Waals surface area (Å²) < 4.78 is 6.74. The third-order valence-electron chi connectivity index (χ3n) is 4.77. The predicted molar refractivity (Wildman–Crippen MR) is 129 cm³/mol. The van der Waals surface area contributed by atoms with Crippen molar-refractivity contribution < 1.29 is 9.53 Å². The molecule has 9 heteroatoms. The number of pyridine rings is 1. The maximum atomic E-state index is 12.9. The molecule has 0 bridgehead atoms. The van der Waals surface area contributed by atoms with Crippen molar-refractivity contribution >= 4 is 35.3 Å². The Hall–Kier alpha value is -3.68. The number of halogens is 2. The molecule has 2 aromatic carbocycles. The van der Waals surface area contributed by atoms with E-state index < -0.39 is 5.91 Å². The SMILES string of the molecule is COc1ccc(/C=N/NC(=O)c2cc(-c3ccc(Cl)cc3)nn2Cc2ccc(Cl)nc2)cc1. The highest BCUT2D eigenvalue weighted by Gasteiger charge is 2.17. The fourth-order valence-corrected chi connectivity index (χ4v) is 3.31. The predicted octanol–water partition coefficient (Wildman–Crippen LogP) is 5.07. The molecule has 7 nitrogen and oxygen atoms in total. The molecule has 0 atom stereocenters. The van der Waals surface area contributed by atoms with Crippen LogP contribution in [0.1, 0.15) is 21.6 Å². The molecule has 0 saturated carbocycles. The number of carbonyl (C=O) groups is 1. The van der Waals surface area contributed by atoms with Crippen molar-refractivity contribution in [2.45, 2.75) is 6.54 Å². The highest BCUT2D eigenvalue weighted by molar-refractivity contribution is 6.30. The molecule has 0 unspecified atom stereocenters. The lowest BCUT2D eigenvalue weighted by Crippen LogP contribution is -2.22. The van der Waals surface area contributed by atoms with Crippen molar-refractivity contribution in [2.24, 2.45) is 5.10 Å². The third kappa shape index (κ3) is 5.77. The number of amides is 1. The van der Waals surface area contributed by atoms with Gasteiger partial charge in [-0.3, -0.25) is 9.48 Å².